The molecule has 2 heterocycles. The molecule has 0 saturated heterocycles. The number of anilines is 1. The van der Waals surface area contributed by atoms with Gasteiger partial charge in [-0.3, -0.25) is 9.78 Å². The average Bonchev–Trinajstić information content (AvgIpc) is 2.76. The second-order valence-electron chi connectivity index (χ2n) is 4.29. The second kappa shape index (κ2) is 5.99. The Balaban J connectivity index is 2.24. The van der Waals surface area contributed by atoms with Crippen molar-refractivity contribution in [2.24, 2.45) is 0 Å². The lowest BCUT2D eigenvalue weighted by molar-refractivity contribution is 0.0934. The van der Waals surface area contributed by atoms with E-state index in [0.717, 1.165) is 11.1 Å². The van der Waals surface area contributed by atoms with Crippen LogP contribution in [0.2, 0.25) is 0 Å². The zero-order chi connectivity index (χ0) is 13.8. The van der Waals surface area contributed by atoms with Crippen molar-refractivity contribution in [1.29, 1.82) is 0 Å². The molecule has 19 heavy (non-hydrogen) atoms. The van der Waals surface area contributed by atoms with Crippen LogP contribution in [0.3, 0.4) is 0 Å². The fourth-order valence-electron chi connectivity index (χ4n) is 1.90. The Morgan fingerprint density at radius 2 is 2.42 bits per heavy atom. The normalized spacial score (nSPS) is 12.5. The number of pyridine rings is 1. The third-order valence-electron chi connectivity index (χ3n) is 2.99. The van der Waals surface area contributed by atoms with Crippen LogP contribution in [-0.2, 0) is 0 Å². The first-order valence-electron chi connectivity index (χ1n) is 6.22. The molecule has 0 saturated carbocycles. The number of thiophene rings is 1. The van der Waals surface area contributed by atoms with Gasteiger partial charge in [0, 0.05) is 18.8 Å². The summed E-state index contributed by atoms with van der Waals surface area (Å²) in [7, 11) is 0. The van der Waals surface area contributed by atoms with Gasteiger partial charge in [-0.2, -0.15) is 0 Å². The summed E-state index contributed by atoms with van der Waals surface area (Å²) in [5.41, 5.74) is 7.07. The van der Waals surface area contributed by atoms with E-state index < -0.39 is 0 Å². The van der Waals surface area contributed by atoms with Gasteiger partial charge >= 0.3 is 0 Å². The number of nitrogens with two attached hydrogens (primary N) is 1. The fourth-order valence-corrected chi connectivity index (χ4v) is 2.89. The summed E-state index contributed by atoms with van der Waals surface area (Å²) in [6.07, 6.45) is 2.98. The molecule has 0 aliphatic carbocycles. The van der Waals surface area contributed by atoms with E-state index in [9.17, 15) is 4.79 Å². The van der Waals surface area contributed by atoms with Gasteiger partial charge in [-0.1, -0.05) is 6.92 Å². The highest BCUT2D eigenvalue weighted by atomic mass is 32.1. The topological polar surface area (TPSA) is 88.2 Å². The minimum Gasteiger partial charge on any atom is -0.396 e. The molecule has 0 spiro atoms. The Morgan fingerprint density at radius 3 is 3.05 bits per heavy atom. The molecule has 1 amide bonds. The minimum absolute atomic E-state index is 0.0323. The molecule has 1 unspecified atom stereocenters. The highest BCUT2D eigenvalue weighted by Crippen LogP contribution is 2.31. The molecule has 6 heteroatoms. The van der Waals surface area contributed by atoms with Gasteiger partial charge in [-0.25, -0.2) is 0 Å². The van der Waals surface area contributed by atoms with Crippen molar-refractivity contribution in [3.63, 3.8) is 0 Å². The number of fused-ring (bicyclic) bond motifs is 1. The maximum atomic E-state index is 12.2. The maximum Gasteiger partial charge on any atom is 0.263 e. The molecule has 4 N–H and O–H groups in total. The van der Waals surface area contributed by atoms with E-state index in [1.807, 2.05) is 19.1 Å². The third kappa shape index (κ3) is 2.85. The molecule has 2 aromatic heterocycles. The maximum absolute atomic E-state index is 12.2. The summed E-state index contributed by atoms with van der Waals surface area (Å²) in [6, 6.07) is 3.68. The van der Waals surface area contributed by atoms with Gasteiger partial charge in [0.15, 0.2) is 0 Å². The van der Waals surface area contributed by atoms with Crippen molar-refractivity contribution < 1.29 is 9.90 Å². The predicted octanol–water partition coefficient (Wildman–Crippen LogP) is 1.77. The number of aromatic nitrogens is 1. The van der Waals surface area contributed by atoms with Crippen LogP contribution in [0.15, 0.2) is 18.3 Å². The first-order valence-corrected chi connectivity index (χ1v) is 7.03. The lowest BCUT2D eigenvalue weighted by Crippen LogP contribution is -2.34. The van der Waals surface area contributed by atoms with E-state index in [1.54, 1.807) is 6.20 Å². The molecule has 0 aliphatic rings. The fraction of sp³-hybridized carbons (Fsp3) is 0.385. The van der Waals surface area contributed by atoms with E-state index in [0.29, 0.717) is 22.5 Å². The van der Waals surface area contributed by atoms with Crippen LogP contribution >= 0.6 is 11.3 Å². The van der Waals surface area contributed by atoms with Gasteiger partial charge < -0.3 is 16.2 Å². The standard InChI is InChI=1S/C13H17N3O2S/c1-2-8(5-7-17)16-13(18)12-10(14)11-9(19-12)4-3-6-15-11/h3-4,6,8,17H,2,5,7,14H2,1H3,(H,16,18). The average molecular weight is 279 g/mol. The van der Waals surface area contributed by atoms with E-state index in [4.69, 9.17) is 10.8 Å². The van der Waals surface area contributed by atoms with Crippen molar-refractivity contribution in [2.75, 3.05) is 12.3 Å². The van der Waals surface area contributed by atoms with Crippen molar-refractivity contribution in [2.45, 2.75) is 25.8 Å². The predicted molar refractivity (Wildman–Crippen MR) is 77.3 cm³/mol. The highest BCUT2D eigenvalue weighted by molar-refractivity contribution is 7.21. The van der Waals surface area contributed by atoms with E-state index in [2.05, 4.69) is 10.3 Å². The summed E-state index contributed by atoms with van der Waals surface area (Å²) < 4.78 is 0.903. The molecule has 0 bridgehead atoms. The molecule has 2 rings (SSSR count). The van der Waals surface area contributed by atoms with Crippen LogP contribution in [0.5, 0.6) is 0 Å². The van der Waals surface area contributed by atoms with Crippen molar-refractivity contribution in [1.82, 2.24) is 10.3 Å². The van der Waals surface area contributed by atoms with Crippen molar-refractivity contribution in [3.05, 3.63) is 23.2 Å². The lowest BCUT2D eigenvalue weighted by atomic mass is 10.1. The van der Waals surface area contributed by atoms with Gasteiger partial charge in [0.05, 0.1) is 10.4 Å². The first-order chi connectivity index (χ1) is 9.17. The Hall–Kier alpha value is -1.66. The number of nitrogens with zero attached hydrogens (tertiary/aromatic N) is 1. The molecule has 5 nitrogen and oxygen atoms in total. The van der Waals surface area contributed by atoms with E-state index in [-0.39, 0.29) is 18.6 Å². The van der Waals surface area contributed by atoms with Gasteiger partial charge in [0.25, 0.3) is 5.91 Å². The summed E-state index contributed by atoms with van der Waals surface area (Å²) in [5, 5.41) is 11.8. The lowest BCUT2D eigenvalue weighted by Gasteiger charge is -2.15. The Bertz CT molecular complexity index is 582. The number of nitrogen functional groups attached to an aromatic ring is 1. The zero-order valence-electron chi connectivity index (χ0n) is 10.7. The molecular formula is C13H17N3O2S. The SMILES string of the molecule is CCC(CCO)NC(=O)c1sc2cccnc2c1N. The van der Waals surface area contributed by atoms with E-state index >= 15 is 0 Å². The number of hydrogen-bond acceptors (Lipinski definition) is 5. The number of carbonyl (C=O) groups excluding carboxylic acids is 1. The number of rotatable bonds is 5. The summed E-state index contributed by atoms with van der Waals surface area (Å²) in [6.45, 7) is 2.03. The van der Waals surface area contributed by atoms with Crippen LogP contribution < -0.4 is 11.1 Å². The Morgan fingerprint density at radius 1 is 1.63 bits per heavy atom. The van der Waals surface area contributed by atoms with Gasteiger partial charge in [0.2, 0.25) is 0 Å². The molecule has 0 fully saturated rings. The number of hydrogen-bond donors (Lipinski definition) is 3. The number of amides is 1. The quantitative estimate of drug-likeness (QED) is 0.778. The Labute approximate surface area is 115 Å². The number of nitrogens with one attached hydrogen (secondary N) is 1. The zero-order valence-corrected chi connectivity index (χ0v) is 11.5. The smallest absolute Gasteiger partial charge is 0.263 e. The van der Waals surface area contributed by atoms with Gasteiger partial charge in [-0.15, -0.1) is 11.3 Å². The van der Waals surface area contributed by atoms with Crippen LogP contribution in [0.1, 0.15) is 29.4 Å². The van der Waals surface area contributed by atoms with Crippen LogP contribution in [0.25, 0.3) is 10.2 Å². The third-order valence-corrected chi connectivity index (χ3v) is 4.15. The Kier molecular flexibility index (Phi) is 4.34. The molecule has 2 aromatic rings. The molecular weight excluding hydrogens is 262 g/mol. The van der Waals surface area contributed by atoms with Gasteiger partial charge in [0.1, 0.15) is 10.4 Å². The number of aliphatic hydroxyl groups is 1. The molecule has 0 aliphatic heterocycles. The summed E-state index contributed by atoms with van der Waals surface area (Å²) in [4.78, 5) is 16.9. The second-order valence-corrected chi connectivity index (χ2v) is 5.34. The van der Waals surface area contributed by atoms with Crippen LogP contribution in [0, 0.1) is 0 Å². The van der Waals surface area contributed by atoms with Crippen LogP contribution in [0.4, 0.5) is 5.69 Å². The van der Waals surface area contributed by atoms with Crippen LogP contribution in [-0.4, -0.2) is 28.6 Å². The molecule has 0 radical (unpaired) electrons. The molecule has 0 aromatic carbocycles. The number of aliphatic hydroxyl groups excluding tert-OH is 1. The van der Waals surface area contributed by atoms with Crippen molar-refractivity contribution >= 4 is 33.1 Å². The molecule has 102 valence electrons. The van der Waals surface area contributed by atoms with E-state index in [1.165, 1.54) is 11.3 Å². The summed E-state index contributed by atoms with van der Waals surface area (Å²) in [5.74, 6) is -0.194. The van der Waals surface area contributed by atoms with Crippen molar-refractivity contribution in [3.8, 4) is 0 Å². The number of carbonyl (C=O) groups is 1. The first kappa shape index (κ1) is 13.8. The minimum atomic E-state index is -0.194. The largest absolute Gasteiger partial charge is 0.396 e. The summed E-state index contributed by atoms with van der Waals surface area (Å²) >= 11 is 1.34. The highest BCUT2D eigenvalue weighted by Gasteiger charge is 2.19. The monoisotopic (exact) mass is 279 g/mol. The van der Waals surface area contributed by atoms with Gasteiger partial charge in [-0.05, 0) is 25.0 Å². The molecule has 1 atom stereocenters.